The first-order valence-electron chi connectivity index (χ1n) is 8.05. The fourth-order valence-corrected chi connectivity index (χ4v) is 2.70. The number of hydrogen-bond acceptors (Lipinski definition) is 3. The highest BCUT2D eigenvalue weighted by Gasteiger charge is 2.04. The number of H-pyrrole nitrogens is 1. The van der Waals surface area contributed by atoms with E-state index in [0.717, 1.165) is 17.5 Å². The van der Waals surface area contributed by atoms with Crippen molar-refractivity contribution in [2.45, 2.75) is 6.42 Å². The van der Waals surface area contributed by atoms with Crippen molar-refractivity contribution in [1.29, 1.82) is 0 Å². The number of carbonyl (C=O) groups is 1. The van der Waals surface area contributed by atoms with Crippen LogP contribution in [0, 0.1) is 0 Å². The second kappa shape index (κ2) is 7.57. The summed E-state index contributed by atoms with van der Waals surface area (Å²) in [7, 11) is 1.49. The molecule has 0 atom stereocenters. The Morgan fingerprint density at radius 2 is 2.12 bits per heavy atom. The van der Waals surface area contributed by atoms with Crippen molar-refractivity contribution < 1.29 is 14.6 Å². The van der Waals surface area contributed by atoms with Crippen LogP contribution < -0.4 is 10.1 Å². The average molecular weight is 336 g/mol. The number of benzene rings is 2. The first-order valence-corrected chi connectivity index (χ1v) is 8.05. The summed E-state index contributed by atoms with van der Waals surface area (Å²) in [5.41, 5.74) is 3.01. The van der Waals surface area contributed by atoms with Gasteiger partial charge >= 0.3 is 0 Å². The van der Waals surface area contributed by atoms with Crippen LogP contribution in [-0.2, 0) is 11.2 Å². The normalized spacial score (nSPS) is 11.1. The van der Waals surface area contributed by atoms with E-state index in [1.807, 2.05) is 24.4 Å². The van der Waals surface area contributed by atoms with Crippen molar-refractivity contribution in [3.05, 3.63) is 65.9 Å². The lowest BCUT2D eigenvalue weighted by atomic mass is 10.1. The highest BCUT2D eigenvalue weighted by molar-refractivity contribution is 5.91. The summed E-state index contributed by atoms with van der Waals surface area (Å²) in [6.07, 6.45) is 5.84. The molecule has 0 fully saturated rings. The molecular weight excluding hydrogens is 316 g/mol. The summed E-state index contributed by atoms with van der Waals surface area (Å²) in [5.74, 6) is 0.278. The number of fused-ring (bicyclic) bond motifs is 1. The molecule has 0 radical (unpaired) electrons. The largest absolute Gasteiger partial charge is 0.504 e. The van der Waals surface area contributed by atoms with Crippen LogP contribution in [0.4, 0.5) is 0 Å². The van der Waals surface area contributed by atoms with Crippen LogP contribution in [0.1, 0.15) is 11.1 Å². The number of rotatable bonds is 6. The van der Waals surface area contributed by atoms with E-state index >= 15 is 0 Å². The van der Waals surface area contributed by atoms with Gasteiger partial charge in [0.1, 0.15) is 0 Å². The van der Waals surface area contributed by atoms with Crippen LogP contribution in [0.3, 0.4) is 0 Å². The molecule has 1 aromatic heterocycles. The number of aromatic hydroxyl groups is 1. The monoisotopic (exact) mass is 336 g/mol. The predicted octanol–water partition coefficient (Wildman–Crippen LogP) is 3.25. The van der Waals surface area contributed by atoms with Gasteiger partial charge in [-0.1, -0.05) is 24.3 Å². The Morgan fingerprint density at radius 3 is 2.92 bits per heavy atom. The molecule has 5 heteroatoms. The van der Waals surface area contributed by atoms with Gasteiger partial charge in [-0.3, -0.25) is 4.79 Å². The van der Waals surface area contributed by atoms with E-state index in [1.54, 1.807) is 24.3 Å². The van der Waals surface area contributed by atoms with Crippen LogP contribution in [0.25, 0.3) is 17.0 Å². The van der Waals surface area contributed by atoms with Crippen molar-refractivity contribution in [2.75, 3.05) is 13.7 Å². The maximum atomic E-state index is 11.9. The maximum Gasteiger partial charge on any atom is 0.244 e. The van der Waals surface area contributed by atoms with E-state index in [4.69, 9.17) is 4.74 Å². The Morgan fingerprint density at radius 1 is 1.28 bits per heavy atom. The van der Waals surface area contributed by atoms with Gasteiger partial charge < -0.3 is 20.1 Å². The Hall–Kier alpha value is -3.21. The van der Waals surface area contributed by atoms with E-state index < -0.39 is 0 Å². The van der Waals surface area contributed by atoms with Gasteiger partial charge in [-0.15, -0.1) is 0 Å². The third-order valence-electron chi connectivity index (χ3n) is 4.00. The summed E-state index contributed by atoms with van der Waals surface area (Å²) in [4.78, 5) is 15.2. The van der Waals surface area contributed by atoms with E-state index in [1.165, 1.54) is 24.1 Å². The molecule has 3 rings (SSSR count). The van der Waals surface area contributed by atoms with Gasteiger partial charge in [0.05, 0.1) is 7.11 Å². The molecule has 0 unspecified atom stereocenters. The van der Waals surface area contributed by atoms with E-state index in [9.17, 15) is 9.90 Å². The van der Waals surface area contributed by atoms with Gasteiger partial charge in [0.2, 0.25) is 5.91 Å². The van der Waals surface area contributed by atoms with Gasteiger partial charge in [0.15, 0.2) is 11.5 Å². The van der Waals surface area contributed by atoms with Crippen molar-refractivity contribution in [1.82, 2.24) is 10.3 Å². The van der Waals surface area contributed by atoms with E-state index in [-0.39, 0.29) is 11.7 Å². The number of amides is 1. The Balaban J connectivity index is 1.53. The number of ether oxygens (including phenoxy) is 1. The molecule has 1 amide bonds. The fraction of sp³-hybridized carbons (Fsp3) is 0.150. The number of nitrogens with one attached hydrogen (secondary N) is 2. The zero-order valence-corrected chi connectivity index (χ0v) is 14.0. The molecule has 0 aliphatic heterocycles. The van der Waals surface area contributed by atoms with Crippen LogP contribution >= 0.6 is 0 Å². The summed E-state index contributed by atoms with van der Waals surface area (Å²) in [5, 5.41) is 13.8. The Kier molecular flexibility index (Phi) is 5.04. The fourth-order valence-electron chi connectivity index (χ4n) is 2.70. The third-order valence-corrected chi connectivity index (χ3v) is 4.00. The molecule has 2 aromatic carbocycles. The highest BCUT2D eigenvalue weighted by Crippen LogP contribution is 2.26. The summed E-state index contributed by atoms with van der Waals surface area (Å²) in [6, 6.07) is 13.1. The predicted molar refractivity (Wildman–Crippen MR) is 98.7 cm³/mol. The molecule has 25 heavy (non-hydrogen) atoms. The quantitative estimate of drug-likeness (QED) is 0.605. The van der Waals surface area contributed by atoms with Crippen LogP contribution in [0.2, 0.25) is 0 Å². The maximum absolute atomic E-state index is 11.9. The molecular formula is C20H20N2O3. The zero-order valence-electron chi connectivity index (χ0n) is 14.0. The number of aromatic nitrogens is 1. The molecule has 1 heterocycles. The summed E-state index contributed by atoms with van der Waals surface area (Å²) in [6.45, 7) is 0.554. The van der Waals surface area contributed by atoms with Crippen molar-refractivity contribution in [3.8, 4) is 11.5 Å². The van der Waals surface area contributed by atoms with Crippen molar-refractivity contribution in [3.63, 3.8) is 0 Å². The highest BCUT2D eigenvalue weighted by atomic mass is 16.5. The number of para-hydroxylation sites is 1. The number of hydrogen-bond donors (Lipinski definition) is 3. The first kappa shape index (κ1) is 16.6. The topological polar surface area (TPSA) is 74.3 Å². The number of aromatic amines is 1. The van der Waals surface area contributed by atoms with Crippen LogP contribution in [0.15, 0.2) is 54.7 Å². The number of phenolic OH excluding ortho intramolecular Hbond substituents is 1. The molecule has 0 saturated heterocycles. The number of phenols is 1. The lowest BCUT2D eigenvalue weighted by Gasteiger charge is -2.04. The SMILES string of the molecule is COc1ccc(/C=C/C(=O)NCCc2c[nH]c3ccccc23)cc1O. The van der Waals surface area contributed by atoms with Crippen LogP contribution in [-0.4, -0.2) is 29.7 Å². The first-order chi connectivity index (χ1) is 12.2. The molecule has 0 saturated carbocycles. The number of carbonyl (C=O) groups excluding carboxylic acids is 1. The second-order valence-electron chi connectivity index (χ2n) is 5.67. The molecule has 0 aliphatic carbocycles. The molecule has 5 nitrogen and oxygen atoms in total. The minimum absolute atomic E-state index is 0.0457. The van der Waals surface area contributed by atoms with Gasteiger partial charge in [0, 0.05) is 29.7 Å². The van der Waals surface area contributed by atoms with Crippen LogP contribution in [0.5, 0.6) is 11.5 Å². The standard InChI is InChI=1S/C20H20N2O3/c1-25-19-8-6-14(12-18(19)23)7-9-20(24)21-11-10-15-13-22-17-5-3-2-4-16(15)17/h2-9,12-13,22-23H,10-11H2,1H3,(H,21,24)/b9-7+. The molecule has 128 valence electrons. The lowest BCUT2D eigenvalue weighted by molar-refractivity contribution is -0.116. The molecule has 0 aliphatic rings. The van der Waals surface area contributed by atoms with Gasteiger partial charge in [-0.2, -0.15) is 0 Å². The molecule has 3 N–H and O–H groups in total. The smallest absolute Gasteiger partial charge is 0.244 e. The summed E-state index contributed by atoms with van der Waals surface area (Å²) >= 11 is 0. The lowest BCUT2D eigenvalue weighted by Crippen LogP contribution is -2.23. The molecule has 0 spiro atoms. The Bertz CT molecular complexity index is 912. The van der Waals surface area contributed by atoms with Crippen molar-refractivity contribution in [2.24, 2.45) is 0 Å². The Labute approximate surface area is 145 Å². The van der Waals surface area contributed by atoms with Gasteiger partial charge in [-0.25, -0.2) is 0 Å². The van der Waals surface area contributed by atoms with E-state index in [0.29, 0.717) is 12.3 Å². The second-order valence-corrected chi connectivity index (χ2v) is 5.67. The third kappa shape index (κ3) is 4.01. The van der Waals surface area contributed by atoms with Crippen molar-refractivity contribution >= 4 is 22.9 Å². The zero-order chi connectivity index (χ0) is 17.6. The van der Waals surface area contributed by atoms with Gasteiger partial charge in [-0.05, 0) is 41.8 Å². The van der Waals surface area contributed by atoms with Gasteiger partial charge in [0.25, 0.3) is 0 Å². The molecule has 0 bridgehead atoms. The minimum atomic E-state index is -0.171. The molecule has 3 aromatic rings. The van der Waals surface area contributed by atoms with E-state index in [2.05, 4.69) is 16.4 Å². The summed E-state index contributed by atoms with van der Waals surface area (Å²) < 4.78 is 4.99. The minimum Gasteiger partial charge on any atom is -0.504 e. The number of methoxy groups -OCH3 is 1. The average Bonchev–Trinajstić information content (AvgIpc) is 3.03.